The molecule has 0 fully saturated rings. The van der Waals surface area contributed by atoms with Crippen molar-refractivity contribution in [1.82, 2.24) is 55.7 Å². The monoisotopic (exact) mass is 521 g/mol. The van der Waals surface area contributed by atoms with Crippen LogP contribution in [0.25, 0.3) is 23.0 Å². The second-order valence-corrected chi connectivity index (χ2v) is 6.98. The summed E-state index contributed by atoms with van der Waals surface area (Å²) < 4.78 is 4.71. The van der Waals surface area contributed by atoms with E-state index >= 15 is 0 Å². The zero-order chi connectivity index (χ0) is 27.2. The lowest BCUT2D eigenvalue weighted by Gasteiger charge is -2.18. The summed E-state index contributed by atoms with van der Waals surface area (Å²) in [6.07, 6.45) is 3.19. The number of pyridine rings is 2. The number of aromatic nitrogens is 10. The summed E-state index contributed by atoms with van der Waals surface area (Å²) >= 11 is 0. The van der Waals surface area contributed by atoms with E-state index in [1.165, 1.54) is 4.90 Å². The molecule has 4 aromatic heterocycles. The number of rotatable bonds is 9. The highest BCUT2D eigenvalue weighted by Gasteiger charge is 2.19. The highest BCUT2D eigenvalue weighted by molar-refractivity contribution is 5.90. The Labute approximate surface area is 215 Å². The van der Waals surface area contributed by atoms with Crippen molar-refractivity contribution in [2.45, 2.75) is 6.92 Å². The molecule has 0 aliphatic rings. The third-order valence-electron chi connectivity index (χ3n) is 4.42. The van der Waals surface area contributed by atoms with E-state index in [0.29, 0.717) is 11.4 Å². The van der Waals surface area contributed by atoms with Crippen molar-refractivity contribution in [2.75, 3.05) is 32.9 Å². The van der Waals surface area contributed by atoms with Crippen molar-refractivity contribution in [1.29, 1.82) is 0 Å². The van der Waals surface area contributed by atoms with Crippen molar-refractivity contribution in [2.24, 2.45) is 0 Å². The van der Waals surface area contributed by atoms with E-state index in [1.54, 1.807) is 55.7 Å². The van der Waals surface area contributed by atoms with Crippen LogP contribution in [0.4, 0.5) is 0 Å². The van der Waals surface area contributed by atoms with Gasteiger partial charge in [-0.3, -0.25) is 14.8 Å². The number of ether oxygens (including phenoxy) is 1. The number of nitrogens with zero attached hydrogens (tertiary/aromatic N) is 11. The summed E-state index contributed by atoms with van der Waals surface area (Å²) in [6.45, 7) is 1.65. The Kier molecular flexibility index (Phi) is 10.6. The summed E-state index contributed by atoms with van der Waals surface area (Å²) in [5, 5.41) is 47.7. The first-order valence-electron chi connectivity index (χ1n) is 11.2. The molecule has 0 bridgehead atoms. The first-order chi connectivity index (χ1) is 18.6. The second-order valence-electron chi connectivity index (χ2n) is 6.98. The van der Waals surface area contributed by atoms with Crippen LogP contribution in [-0.2, 0) is 4.74 Å². The van der Waals surface area contributed by atoms with E-state index in [2.05, 4.69) is 50.8 Å². The molecule has 16 nitrogen and oxygen atoms in total. The lowest BCUT2D eigenvalue weighted by Crippen LogP contribution is -2.37. The molecule has 0 saturated heterocycles. The van der Waals surface area contributed by atoms with Crippen LogP contribution in [0.1, 0.15) is 28.2 Å². The molecule has 0 atom stereocenters. The molecule has 0 aliphatic heterocycles. The van der Waals surface area contributed by atoms with Crippen LogP contribution in [-0.4, -0.2) is 111 Å². The third-order valence-corrected chi connectivity index (χ3v) is 4.42. The number of hydrogen-bond acceptors (Lipinski definition) is 15. The number of aliphatic hydroxyl groups excluding tert-OH is 2. The maximum Gasteiger partial charge on any atom is 0.380 e. The SMILES string of the molecule is CCOC(=O)c1nnc(-c2ccccn2)nn1.O=C(c1nnc(-c2ccccn2)nn1)N(CCO)CCO. The first kappa shape index (κ1) is 27.6. The summed E-state index contributed by atoms with van der Waals surface area (Å²) in [5.74, 6) is -1.07. The molecule has 1 amide bonds. The van der Waals surface area contributed by atoms with Crippen molar-refractivity contribution in [3.63, 3.8) is 0 Å². The average molecular weight is 521 g/mol. The van der Waals surface area contributed by atoms with Crippen LogP contribution < -0.4 is 0 Å². The van der Waals surface area contributed by atoms with Gasteiger partial charge in [0.25, 0.3) is 17.6 Å². The van der Waals surface area contributed by atoms with Crippen molar-refractivity contribution in [3.05, 3.63) is 60.4 Å². The molecule has 2 N–H and O–H groups in total. The van der Waals surface area contributed by atoms with E-state index in [0.717, 1.165) is 0 Å². The average Bonchev–Trinajstić information content (AvgIpc) is 2.98. The van der Waals surface area contributed by atoms with Gasteiger partial charge in [-0.2, -0.15) is 0 Å². The van der Waals surface area contributed by atoms with E-state index in [4.69, 9.17) is 14.9 Å². The highest BCUT2D eigenvalue weighted by atomic mass is 16.5. The maximum atomic E-state index is 12.1. The molecule has 0 radical (unpaired) electrons. The molecular formula is C22H23N11O5. The number of carbonyl (C=O) groups excluding carboxylic acids is 2. The van der Waals surface area contributed by atoms with Crippen molar-refractivity contribution < 1.29 is 24.5 Å². The van der Waals surface area contributed by atoms with Crippen LogP contribution in [0, 0.1) is 0 Å². The third kappa shape index (κ3) is 7.77. The number of carbonyl (C=O) groups is 2. The van der Waals surface area contributed by atoms with Gasteiger partial charge in [-0.15, -0.1) is 40.8 Å². The van der Waals surface area contributed by atoms with Gasteiger partial charge in [0, 0.05) is 25.5 Å². The van der Waals surface area contributed by atoms with Crippen LogP contribution in [0.2, 0.25) is 0 Å². The molecule has 0 saturated carbocycles. The molecule has 4 aromatic rings. The molecule has 4 rings (SSSR count). The van der Waals surface area contributed by atoms with Gasteiger partial charge >= 0.3 is 5.97 Å². The summed E-state index contributed by atoms with van der Waals surface area (Å²) in [5.41, 5.74) is 1.04. The predicted octanol–water partition coefficient (Wildman–Crippen LogP) is -0.739. The van der Waals surface area contributed by atoms with Gasteiger partial charge in [-0.1, -0.05) is 12.1 Å². The fraction of sp³-hybridized carbons (Fsp3) is 0.273. The van der Waals surface area contributed by atoms with Gasteiger partial charge in [0.15, 0.2) is 0 Å². The maximum absolute atomic E-state index is 12.1. The van der Waals surface area contributed by atoms with Gasteiger partial charge < -0.3 is 19.8 Å². The van der Waals surface area contributed by atoms with Crippen LogP contribution in [0.3, 0.4) is 0 Å². The molecule has 0 spiro atoms. The Balaban J connectivity index is 0.000000215. The van der Waals surface area contributed by atoms with E-state index in [1.807, 2.05) is 0 Å². The Morgan fingerprint density at radius 3 is 1.61 bits per heavy atom. The quantitative estimate of drug-likeness (QED) is 0.259. The lowest BCUT2D eigenvalue weighted by atomic mass is 10.3. The Morgan fingerprint density at radius 1 is 0.737 bits per heavy atom. The molecule has 0 unspecified atom stereocenters. The number of aliphatic hydroxyl groups is 2. The van der Waals surface area contributed by atoms with E-state index in [9.17, 15) is 9.59 Å². The van der Waals surface area contributed by atoms with Gasteiger partial charge in [-0.05, 0) is 31.2 Å². The fourth-order valence-corrected chi connectivity index (χ4v) is 2.71. The summed E-state index contributed by atoms with van der Waals surface area (Å²) in [6, 6.07) is 10.5. The van der Waals surface area contributed by atoms with Crippen LogP contribution >= 0.6 is 0 Å². The molecule has 16 heteroatoms. The zero-order valence-electron chi connectivity index (χ0n) is 20.2. The summed E-state index contributed by atoms with van der Waals surface area (Å²) in [7, 11) is 0. The molecule has 196 valence electrons. The number of amides is 1. The van der Waals surface area contributed by atoms with Crippen LogP contribution in [0.5, 0.6) is 0 Å². The summed E-state index contributed by atoms with van der Waals surface area (Å²) in [4.78, 5) is 32.6. The van der Waals surface area contributed by atoms with Gasteiger partial charge in [0.05, 0.1) is 19.8 Å². The molecule has 0 aromatic carbocycles. The minimum absolute atomic E-state index is 0.0742. The first-order valence-corrected chi connectivity index (χ1v) is 11.2. The molecule has 4 heterocycles. The topological polar surface area (TPSA) is 216 Å². The molecule has 38 heavy (non-hydrogen) atoms. The number of esters is 1. The zero-order valence-corrected chi connectivity index (χ0v) is 20.2. The molecular weight excluding hydrogens is 498 g/mol. The van der Waals surface area contributed by atoms with Gasteiger partial charge in [0.2, 0.25) is 11.6 Å². The van der Waals surface area contributed by atoms with Crippen molar-refractivity contribution in [3.8, 4) is 23.0 Å². The normalized spacial score (nSPS) is 10.2. The molecule has 0 aliphatic carbocycles. The second kappa shape index (κ2) is 14.6. The standard InChI is InChI=1S/C12H14N6O3.C10H9N5O2/c19-7-5-18(6-8-20)12(21)11-16-14-10(15-17-11)9-3-1-2-4-13-9;1-2-17-10(16)9-14-12-8(13-15-9)7-5-3-4-6-11-7/h1-4,19-20H,5-8H2;3-6H,2H2,1H3. The van der Waals surface area contributed by atoms with Crippen molar-refractivity contribution >= 4 is 11.9 Å². The Bertz CT molecular complexity index is 1270. The fourth-order valence-electron chi connectivity index (χ4n) is 2.71. The van der Waals surface area contributed by atoms with E-state index in [-0.39, 0.29) is 56.2 Å². The largest absolute Gasteiger partial charge is 0.460 e. The minimum atomic E-state index is -0.639. The Morgan fingerprint density at radius 2 is 1.21 bits per heavy atom. The van der Waals surface area contributed by atoms with Crippen LogP contribution in [0.15, 0.2) is 48.8 Å². The smallest absolute Gasteiger partial charge is 0.380 e. The highest BCUT2D eigenvalue weighted by Crippen LogP contribution is 2.08. The van der Waals surface area contributed by atoms with Gasteiger partial charge in [-0.25, -0.2) is 4.79 Å². The number of hydrogen-bond donors (Lipinski definition) is 2. The van der Waals surface area contributed by atoms with E-state index < -0.39 is 11.9 Å². The minimum Gasteiger partial charge on any atom is -0.460 e. The Hall–Kier alpha value is -4.96. The lowest BCUT2D eigenvalue weighted by molar-refractivity contribution is 0.0508. The predicted molar refractivity (Wildman–Crippen MR) is 128 cm³/mol. The van der Waals surface area contributed by atoms with Gasteiger partial charge in [0.1, 0.15) is 11.4 Å².